The summed E-state index contributed by atoms with van der Waals surface area (Å²) in [6, 6.07) is 10.0. The molecule has 0 spiro atoms. The van der Waals surface area contributed by atoms with E-state index in [1.807, 2.05) is 0 Å². The van der Waals surface area contributed by atoms with Crippen LogP contribution < -0.4 is 0 Å². The van der Waals surface area contributed by atoms with Crippen LogP contribution in [0.4, 0.5) is 9.18 Å². The quantitative estimate of drug-likeness (QED) is 0.781. The molecule has 1 aliphatic heterocycles. The van der Waals surface area contributed by atoms with E-state index < -0.39 is 22.9 Å². The van der Waals surface area contributed by atoms with E-state index in [0.29, 0.717) is 5.56 Å². The van der Waals surface area contributed by atoms with Crippen molar-refractivity contribution in [1.29, 1.82) is 0 Å². The highest BCUT2D eigenvalue weighted by molar-refractivity contribution is 8.18. The molecule has 0 radical (unpaired) electrons. The average molecular weight is 392 g/mol. The van der Waals surface area contributed by atoms with E-state index in [4.69, 9.17) is 16.7 Å². The molecule has 5 nitrogen and oxygen atoms in total. The maximum Gasteiger partial charge on any atom is 0.335 e. The smallest absolute Gasteiger partial charge is 0.335 e. The van der Waals surface area contributed by atoms with Gasteiger partial charge in [0, 0.05) is 10.6 Å². The molecule has 1 saturated heterocycles. The van der Waals surface area contributed by atoms with Gasteiger partial charge in [-0.1, -0.05) is 29.8 Å². The number of hydrogen-bond acceptors (Lipinski definition) is 4. The van der Waals surface area contributed by atoms with Crippen LogP contribution in [0.1, 0.15) is 21.5 Å². The summed E-state index contributed by atoms with van der Waals surface area (Å²) in [5.74, 6) is -2.20. The van der Waals surface area contributed by atoms with Gasteiger partial charge in [0.15, 0.2) is 0 Å². The van der Waals surface area contributed by atoms with Crippen molar-refractivity contribution >= 4 is 46.6 Å². The molecule has 0 aromatic heterocycles. The molecule has 26 heavy (non-hydrogen) atoms. The van der Waals surface area contributed by atoms with E-state index in [0.717, 1.165) is 16.7 Å². The standard InChI is InChI=1S/C18H11ClFNO4S/c19-13-2-1-3-14(20)12(13)9-21-16(22)15(26-18(21)25)8-10-4-6-11(7-5-10)17(23)24/h1-8H,9H2,(H,23,24)/b15-8+. The third-order valence-electron chi connectivity index (χ3n) is 3.71. The molecule has 2 amide bonds. The Labute approximate surface area is 157 Å². The van der Waals surface area contributed by atoms with Crippen LogP contribution in [0, 0.1) is 5.82 Å². The number of imide groups is 1. The molecule has 1 N–H and O–H groups in total. The lowest BCUT2D eigenvalue weighted by atomic mass is 10.1. The Bertz CT molecular complexity index is 922. The van der Waals surface area contributed by atoms with Crippen molar-refractivity contribution in [3.05, 3.63) is 74.9 Å². The number of carbonyl (C=O) groups is 3. The van der Waals surface area contributed by atoms with Gasteiger partial charge in [-0.2, -0.15) is 0 Å². The molecule has 0 aliphatic carbocycles. The molecule has 132 valence electrons. The summed E-state index contributed by atoms with van der Waals surface area (Å²) in [6.07, 6.45) is 1.49. The van der Waals surface area contributed by atoms with Crippen molar-refractivity contribution in [3.63, 3.8) is 0 Å². The molecule has 1 heterocycles. The molecule has 0 bridgehead atoms. The van der Waals surface area contributed by atoms with E-state index >= 15 is 0 Å². The van der Waals surface area contributed by atoms with E-state index in [-0.39, 0.29) is 27.6 Å². The van der Waals surface area contributed by atoms with Crippen LogP contribution in [-0.2, 0) is 11.3 Å². The van der Waals surface area contributed by atoms with E-state index in [2.05, 4.69) is 0 Å². The lowest BCUT2D eigenvalue weighted by Crippen LogP contribution is -2.28. The van der Waals surface area contributed by atoms with Gasteiger partial charge in [-0.15, -0.1) is 0 Å². The normalized spacial score (nSPS) is 15.8. The van der Waals surface area contributed by atoms with Gasteiger partial charge in [0.2, 0.25) is 0 Å². The van der Waals surface area contributed by atoms with Gasteiger partial charge in [0.05, 0.1) is 17.0 Å². The van der Waals surface area contributed by atoms with Gasteiger partial charge >= 0.3 is 5.97 Å². The molecule has 0 saturated carbocycles. The lowest BCUT2D eigenvalue weighted by Gasteiger charge is -2.14. The Morgan fingerprint density at radius 1 is 1.19 bits per heavy atom. The first-order valence-corrected chi connectivity index (χ1v) is 8.58. The first kappa shape index (κ1) is 18.2. The molecule has 2 aromatic carbocycles. The maximum absolute atomic E-state index is 13.9. The number of amides is 2. The summed E-state index contributed by atoms with van der Waals surface area (Å²) in [4.78, 5) is 36.6. The third kappa shape index (κ3) is 3.63. The zero-order valence-corrected chi connectivity index (χ0v) is 14.7. The average Bonchev–Trinajstić information content (AvgIpc) is 2.85. The van der Waals surface area contributed by atoms with Gasteiger partial charge in [0.25, 0.3) is 11.1 Å². The van der Waals surface area contributed by atoms with Crippen molar-refractivity contribution in [1.82, 2.24) is 4.90 Å². The molecule has 1 aliphatic rings. The SMILES string of the molecule is O=C(O)c1ccc(/C=C2/SC(=O)N(Cc3c(F)cccc3Cl)C2=O)cc1. The summed E-state index contributed by atoms with van der Waals surface area (Å²) in [5, 5.41) is 8.50. The largest absolute Gasteiger partial charge is 0.478 e. The van der Waals surface area contributed by atoms with Crippen LogP contribution >= 0.6 is 23.4 Å². The number of carbonyl (C=O) groups excluding carboxylic acids is 2. The number of benzene rings is 2. The van der Waals surface area contributed by atoms with Crippen LogP contribution in [0.3, 0.4) is 0 Å². The van der Waals surface area contributed by atoms with Crippen LogP contribution in [0.25, 0.3) is 6.08 Å². The number of hydrogen-bond donors (Lipinski definition) is 1. The van der Waals surface area contributed by atoms with Crippen molar-refractivity contribution < 1.29 is 23.9 Å². The topological polar surface area (TPSA) is 74.7 Å². The summed E-state index contributed by atoms with van der Waals surface area (Å²) >= 11 is 6.69. The van der Waals surface area contributed by atoms with E-state index in [1.165, 1.54) is 48.5 Å². The minimum Gasteiger partial charge on any atom is -0.478 e. The van der Waals surface area contributed by atoms with Gasteiger partial charge in [-0.3, -0.25) is 14.5 Å². The lowest BCUT2D eigenvalue weighted by molar-refractivity contribution is -0.123. The molecular weight excluding hydrogens is 381 g/mol. The summed E-state index contributed by atoms with van der Waals surface area (Å²) in [5.41, 5.74) is 0.761. The van der Waals surface area contributed by atoms with Crippen LogP contribution in [0.15, 0.2) is 47.4 Å². The summed E-state index contributed by atoms with van der Waals surface area (Å²) in [7, 11) is 0. The monoisotopic (exact) mass is 391 g/mol. The van der Waals surface area contributed by atoms with Crippen LogP contribution in [0.5, 0.6) is 0 Å². The number of rotatable bonds is 4. The Hall–Kier alpha value is -2.64. The van der Waals surface area contributed by atoms with Crippen LogP contribution in [-0.4, -0.2) is 27.1 Å². The third-order valence-corrected chi connectivity index (χ3v) is 4.97. The van der Waals surface area contributed by atoms with Gasteiger partial charge < -0.3 is 5.11 Å². The number of aromatic carboxylic acids is 1. The summed E-state index contributed by atoms with van der Waals surface area (Å²) in [6.45, 7) is -0.258. The Morgan fingerprint density at radius 2 is 1.88 bits per heavy atom. The highest BCUT2D eigenvalue weighted by Gasteiger charge is 2.35. The van der Waals surface area contributed by atoms with E-state index in [1.54, 1.807) is 0 Å². The van der Waals surface area contributed by atoms with Crippen molar-refractivity contribution in [2.24, 2.45) is 0 Å². The van der Waals surface area contributed by atoms with Crippen molar-refractivity contribution in [3.8, 4) is 0 Å². The molecule has 0 atom stereocenters. The molecule has 8 heteroatoms. The fraction of sp³-hybridized carbons (Fsp3) is 0.0556. The maximum atomic E-state index is 13.9. The van der Waals surface area contributed by atoms with Gasteiger partial charge in [-0.25, -0.2) is 9.18 Å². The fourth-order valence-corrected chi connectivity index (χ4v) is 3.41. The molecule has 3 rings (SSSR count). The van der Waals surface area contributed by atoms with Crippen molar-refractivity contribution in [2.45, 2.75) is 6.54 Å². The second-order valence-electron chi connectivity index (χ2n) is 5.40. The van der Waals surface area contributed by atoms with Gasteiger partial charge in [0.1, 0.15) is 5.82 Å². The first-order valence-electron chi connectivity index (χ1n) is 7.38. The summed E-state index contributed by atoms with van der Waals surface area (Å²) < 4.78 is 13.9. The predicted octanol–water partition coefficient (Wildman–Crippen LogP) is 4.41. The first-order chi connectivity index (χ1) is 12.4. The second-order valence-corrected chi connectivity index (χ2v) is 6.80. The zero-order valence-electron chi connectivity index (χ0n) is 13.1. The molecule has 2 aromatic rings. The number of nitrogens with zero attached hydrogens (tertiary/aromatic N) is 1. The fourth-order valence-electron chi connectivity index (χ4n) is 2.35. The zero-order chi connectivity index (χ0) is 18.8. The van der Waals surface area contributed by atoms with E-state index in [9.17, 15) is 18.8 Å². The molecular formula is C18H11ClFNO4S. The second kappa shape index (κ2) is 7.31. The van der Waals surface area contributed by atoms with Crippen LogP contribution in [0.2, 0.25) is 5.02 Å². The molecule has 1 fully saturated rings. The Balaban J connectivity index is 1.83. The minimum absolute atomic E-state index is 0.0727. The Morgan fingerprint density at radius 3 is 2.50 bits per heavy atom. The molecule has 0 unspecified atom stereocenters. The highest BCUT2D eigenvalue weighted by atomic mass is 35.5. The minimum atomic E-state index is -1.06. The van der Waals surface area contributed by atoms with Crippen molar-refractivity contribution in [2.75, 3.05) is 0 Å². The number of carboxylic acid groups (broad SMARTS) is 1. The Kier molecular flexibility index (Phi) is 5.11. The predicted molar refractivity (Wildman–Crippen MR) is 96.3 cm³/mol. The number of halogens is 2. The highest BCUT2D eigenvalue weighted by Crippen LogP contribution is 2.34. The number of carboxylic acids is 1. The number of thioether (sulfide) groups is 1. The van der Waals surface area contributed by atoms with Gasteiger partial charge in [-0.05, 0) is 47.7 Å².